The molecule has 0 unspecified atom stereocenters. The molecular formula is C25H26N4O3. The van der Waals surface area contributed by atoms with Crippen LogP contribution in [0.15, 0.2) is 54.6 Å². The number of methoxy groups -OCH3 is 2. The van der Waals surface area contributed by atoms with Gasteiger partial charge in [0.1, 0.15) is 17.2 Å². The highest BCUT2D eigenvalue weighted by Gasteiger charge is 2.19. The van der Waals surface area contributed by atoms with Crippen LogP contribution in [0.5, 0.6) is 11.5 Å². The molecule has 4 aromatic rings. The summed E-state index contributed by atoms with van der Waals surface area (Å²) in [6.07, 6.45) is 0.267. The first-order valence-corrected chi connectivity index (χ1v) is 10.4. The molecule has 0 radical (unpaired) electrons. The van der Waals surface area contributed by atoms with E-state index in [0.717, 1.165) is 50.7 Å². The molecule has 2 aromatic carbocycles. The number of aromatic nitrogens is 3. The Kier molecular flexibility index (Phi) is 6.07. The first kappa shape index (κ1) is 21.4. The van der Waals surface area contributed by atoms with Crippen molar-refractivity contribution >= 4 is 22.6 Å². The van der Waals surface area contributed by atoms with Crippen LogP contribution < -0.4 is 14.8 Å². The Hall–Kier alpha value is -3.87. The van der Waals surface area contributed by atoms with Gasteiger partial charge in [0.25, 0.3) is 0 Å². The second kappa shape index (κ2) is 9.09. The summed E-state index contributed by atoms with van der Waals surface area (Å²) in [5, 5.41) is 8.73. The highest BCUT2D eigenvalue weighted by molar-refractivity contribution is 5.95. The fourth-order valence-corrected chi connectivity index (χ4v) is 3.80. The second-order valence-corrected chi connectivity index (χ2v) is 7.58. The number of carbonyl (C=O) groups excluding carboxylic acids is 1. The lowest BCUT2D eigenvalue weighted by Crippen LogP contribution is -2.15. The van der Waals surface area contributed by atoms with Crippen molar-refractivity contribution in [3.8, 4) is 22.8 Å². The average Bonchev–Trinajstić information content (AvgIpc) is 3.16. The van der Waals surface area contributed by atoms with Crippen LogP contribution in [0.1, 0.15) is 17.7 Å². The minimum absolute atomic E-state index is 0.0953. The van der Waals surface area contributed by atoms with Crippen LogP contribution in [0.25, 0.3) is 22.3 Å². The number of pyridine rings is 1. The number of hydrogen-bond acceptors (Lipinski definition) is 5. The average molecular weight is 431 g/mol. The third kappa shape index (κ3) is 4.27. The number of para-hydroxylation sites is 1. The van der Waals surface area contributed by atoms with E-state index < -0.39 is 0 Å². The Morgan fingerprint density at radius 3 is 2.50 bits per heavy atom. The predicted molar refractivity (Wildman–Crippen MR) is 125 cm³/mol. The lowest BCUT2D eigenvalue weighted by molar-refractivity contribution is -0.116. The molecule has 0 atom stereocenters. The maximum atomic E-state index is 12.6. The second-order valence-electron chi connectivity index (χ2n) is 7.58. The zero-order chi connectivity index (χ0) is 22.7. The molecule has 164 valence electrons. The van der Waals surface area contributed by atoms with Gasteiger partial charge in [-0.1, -0.05) is 12.1 Å². The summed E-state index contributed by atoms with van der Waals surface area (Å²) in [7, 11) is 3.26. The molecule has 0 aliphatic carbocycles. The lowest BCUT2D eigenvalue weighted by Gasteiger charge is -2.07. The number of hydrogen-bond donors (Lipinski definition) is 1. The van der Waals surface area contributed by atoms with Crippen molar-refractivity contribution in [2.45, 2.75) is 26.8 Å². The SMILES string of the molecule is COc1ccc(NC(=O)CCn2nc(-c3ccccc3OC)c3c(C)cc(C)nc32)cc1. The number of amides is 1. The van der Waals surface area contributed by atoms with Crippen molar-refractivity contribution in [2.75, 3.05) is 19.5 Å². The Bertz CT molecular complexity index is 1260. The normalized spacial score (nSPS) is 10.9. The Morgan fingerprint density at radius 1 is 1.03 bits per heavy atom. The van der Waals surface area contributed by atoms with Crippen LogP contribution in [-0.4, -0.2) is 34.9 Å². The smallest absolute Gasteiger partial charge is 0.226 e. The number of nitrogens with one attached hydrogen (secondary N) is 1. The van der Waals surface area contributed by atoms with Gasteiger partial charge in [-0.15, -0.1) is 0 Å². The highest BCUT2D eigenvalue weighted by Crippen LogP contribution is 2.35. The monoisotopic (exact) mass is 430 g/mol. The maximum absolute atomic E-state index is 12.6. The van der Waals surface area contributed by atoms with E-state index >= 15 is 0 Å². The number of rotatable bonds is 7. The quantitative estimate of drug-likeness (QED) is 0.457. The molecule has 0 bridgehead atoms. The van der Waals surface area contributed by atoms with Gasteiger partial charge in [-0.3, -0.25) is 4.79 Å². The molecular weight excluding hydrogens is 404 g/mol. The number of fused-ring (bicyclic) bond motifs is 1. The number of benzene rings is 2. The van der Waals surface area contributed by atoms with Gasteiger partial charge in [0.15, 0.2) is 5.65 Å². The van der Waals surface area contributed by atoms with Gasteiger partial charge in [-0.2, -0.15) is 5.10 Å². The first-order chi connectivity index (χ1) is 15.5. The van der Waals surface area contributed by atoms with Crippen molar-refractivity contribution in [3.63, 3.8) is 0 Å². The van der Waals surface area contributed by atoms with Crippen molar-refractivity contribution in [1.82, 2.24) is 14.8 Å². The van der Waals surface area contributed by atoms with Crippen LogP contribution in [0.3, 0.4) is 0 Å². The molecule has 32 heavy (non-hydrogen) atoms. The molecule has 0 spiro atoms. The van der Waals surface area contributed by atoms with E-state index in [4.69, 9.17) is 19.6 Å². The molecule has 0 saturated carbocycles. The molecule has 0 aliphatic rings. The number of carbonyl (C=O) groups is 1. The molecule has 2 heterocycles. The zero-order valence-electron chi connectivity index (χ0n) is 18.7. The first-order valence-electron chi connectivity index (χ1n) is 10.4. The van der Waals surface area contributed by atoms with Crippen molar-refractivity contribution in [2.24, 2.45) is 0 Å². The van der Waals surface area contributed by atoms with Crippen molar-refractivity contribution < 1.29 is 14.3 Å². The standard InChI is InChI=1S/C25H26N4O3/c1-16-15-17(2)26-25-23(16)24(20-7-5-6-8-21(20)32-4)28-29(25)14-13-22(30)27-18-9-11-19(31-3)12-10-18/h5-12,15H,13-14H2,1-4H3,(H,27,30). The molecule has 7 nitrogen and oxygen atoms in total. The van der Waals surface area contributed by atoms with Gasteiger partial charge in [-0.25, -0.2) is 9.67 Å². The van der Waals surface area contributed by atoms with Gasteiger partial charge < -0.3 is 14.8 Å². The topological polar surface area (TPSA) is 78.3 Å². The van der Waals surface area contributed by atoms with E-state index in [-0.39, 0.29) is 12.3 Å². The van der Waals surface area contributed by atoms with Crippen LogP contribution >= 0.6 is 0 Å². The molecule has 0 saturated heterocycles. The van der Waals surface area contributed by atoms with Gasteiger partial charge in [-0.05, 0) is 61.9 Å². The molecule has 1 N–H and O–H groups in total. The van der Waals surface area contributed by atoms with Crippen LogP contribution in [0.2, 0.25) is 0 Å². The Labute approximate surface area is 187 Å². The van der Waals surface area contributed by atoms with E-state index in [2.05, 4.69) is 12.2 Å². The summed E-state index contributed by atoms with van der Waals surface area (Å²) in [5.41, 5.74) is 5.18. The van der Waals surface area contributed by atoms with Crippen molar-refractivity contribution in [1.29, 1.82) is 0 Å². The van der Waals surface area contributed by atoms with Gasteiger partial charge in [0.2, 0.25) is 5.91 Å². The van der Waals surface area contributed by atoms with E-state index in [0.29, 0.717) is 6.54 Å². The molecule has 0 aliphatic heterocycles. The maximum Gasteiger partial charge on any atom is 0.226 e. The fourth-order valence-electron chi connectivity index (χ4n) is 3.80. The zero-order valence-corrected chi connectivity index (χ0v) is 18.7. The molecule has 4 rings (SSSR count). The number of anilines is 1. The third-order valence-electron chi connectivity index (χ3n) is 5.31. The number of aryl methyl sites for hydroxylation is 3. The van der Waals surface area contributed by atoms with Crippen LogP contribution in [-0.2, 0) is 11.3 Å². The van der Waals surface area contributed by atoms with E-state index in [9.17, 15) is 4.79 Å². The van der Waals surface area contributed by atoms with Gasteiger partial charge in [0.05, 0.1) is 26.2 Å². The van der Waals surface area contributed by atoms with Crippen LogP contribution in [0.4, 0.5) is 5.69 Å². The Balaban J connectivity index is 1.63. The highest BCUT2D eigenvalue weighted by atomic mass is 16.5. The summed E-state index contributed by atoms with van der Waals surface area (Å²) in [5.74, 6) is 1.39. The molecule has 1 amide bonds. The summed E-state index contributed by atoms with van der Waals surface area (Å²) < 4.78 is 12.5. The van der Waals surface area contributed by atoms with E-state index in [1.54, 1.807) is 14.2 Å². The fraction of sp³-hybridized carbons (Fsp3) is 0.240. The summed E-state index contributed by atoms with van der Waals surface area (Å²) in [6.45, 7) is 4.42. The number of nitrogens with zero attached hydrogens (tertiary/aromatic N) is 3. The van der Waals surface area contributed by atoms with Crippen molar-refractivity contribution in [3.05, 3.63) is 65.9 Å². The predicted octanol–water partition coefficient (Wildman–Crippen LogP) is 4.76. The van der Waals surface area contributed by atoms with Gasteiger partial charge >= 0.3 is 0 Å². The van der Waals surface area contributed by atoms with E-state index in [1.165, 1.54) is 0 Å². The molecule has 0 fully saturated rings. The van der Waals surface area contributed by atoms with E-state index in [1.807, 2.05) is 66.2 Å². The molecule has 7 heteroatoms. The Morgan fingerprint density at radius 2 is 1.78 bits per heavy atom. The van der Waals surface area contributed by atoms with Crippen LogP contribution in [0, 0.1) is 13.8 Å². The third-order valence-corrected chi connectivity index (χ3v) is 5.31. The summed E-state index contributed by atoms with van der Waals surface area (Å²) in [6, 6.07) is 17.1. The van der Waals surface area contributed by atoms with Gasteiger partial charge in [0, 0.05) is 23.4 Å². The summed E-state index contributed by atoms with van der Waals surface area (Å²) >= 11 is 0. The minimum Gasteiger partial charge on any atom is -0.497 e. The minimum atomic E-state index is -0.0953. The number of ether oxygens (including phenoxy) is 2. The largest absolute Gasteiger partial charge is 0.497 e. The molecule has 2 aromatic heterocycles. The summed E-state index contributed by atoms with van der Waals surface area (Å²) in [4.78, 5) is 17.3. The lowest BCUT2D eigenvalue weighted by atomic mass is 10.0.